The van der Waals surface area contributed by atoms with Gasteiger partial charge in [0.15, 0.2) is 0 Å². The molecule has 0 atom stereocenters. The summed E-state index contributed by atoms with van der Waals surface area (Å²) in [5.41, 5.74) is 2.25. The number of hydrogen-bond acceptors (Lipinski definition) is 5. The van der Waals surface area contributed by atoms with Crippen molar-refractivity contribution in [3.63, 3.8) is 0 Å². The number of hydrogen-bond donors (Lipinski definition) is 2. The molecule has 9 heteroatoms. The van der Waals surface area contributed by atoms with E-state index in [2.05, 4.69) is 27.2 Å². The van der Waals surface area contributed by atoms with Gasteiger partial charge in [0.1, 0.15) is 5.65 Å². The topological polar surface area (TPSA) is 88.9 Å². The molecule has 2 aromatic heterocycles. The zero-order valence-electron chi connectivity index (χ0n) is 16.9. The van der Waals surface area contributed by atoms with Gasteiger partial charge in [-0.1, -0.05) is 41.9 Å². The molecule has 0 fully saturated rings. The highest BCUT2D eigenvalue weighted by atomic mass is 35.5. The van der Waals surface area contributed by atoms with Crippen LogP contribution in [-0.4, -0.2) is 20.4 Å². The predicted molar refractivity (Wildman–Crippen MR) is 129 cm³/mol. The van der Waals surface area contributed by atoms with Crippen molar-refractivity contribution in [1.29, 1.82) is 0 Å². The Hall–Kier alpha value is -3.68. The Balaban J connectivity index is 1.72. The fraction of sp³-hybridized carbons (Fsp3) is 0.0435. The maximum absolute atomic E-state index is 13.0. The number of aromatic nitrogens is 3. The summed E-state index contributed by atoms with van der Waals surface area (Å²) in [5.74, 6) is -0.0169. The number of anilines is 3. The summed E-state index contributed by atoms with van der Waals surface area (Å²) in [6.07, 6.45) is 2.80. The van der Waals surface area contributed by atoms with E-state index in [-0.39, 0.29) is 11.5 Å². The standard InChI is InChI=1S/C23H17Cl2N5O2/c1-3-19(31)27-14-6-4-7-15(11-14)28-23-26-12-13-10-16(22(32)30(2)21(13)29-23)20-17(24)8-5-9-18(20)25/h3-12H,1H2,2H3,(H,27,31)(H,26,28,29). The molecule has 7 nitrogen and oxygen atoms in total. The van der Waals surface area contributed by atoms with E-state index in [0.29, 0.717) is 49.5 Å². The summed E-state index contributed by atoms with van der Waals surface area (Å²) < 4.78 is 1.43. The Morgan fingerprint density at radius 3 is 2.50 bits per heavy atom. The number of amides is 1. The van der Waals surface area contributed by atoms with Crippen LogP contribution in [0.4, 0.5) is 17.3 Å². The monoisotopic (exact) mass is 465 g/mol. The van der Waals surface area contributed by atoms with E-state index >= 15 is 0 Å². The maximum atomic E-state index is 13.0. The van der Waals surface area contributed by atoms with E-state index in [1.165, 1.54) is 10.6 Å². The second kappa shape index (κ2) is 8.82. The third-order valence-corrected chi connectivity index (χ3v) is 5.38. The van der Waals surface area contributed by atoms with E-state index < -0.39 is 0 Å². The number of aryl methyl sites for hydroxylation is 1. The van der Waals surface area contributed by atoms with Crippen molar-refractivity contribution >= 4 is 57.5 Å². The summed E-state index contributed by atoms with van der Waals surface area (Å²) in [6.45, 7) is 3.44. The summed E-state index contributed by atoms with van der Waals surface area (Å²) in [6, 6.07) is 13.8. The molecule has 4 aromatic rings. The highest BCUT2D eigenvalue weighted by molar-refractivity contribution is 6.39. The van der Waals surface area contributed by atoms with Crippen LogP contribution in [0.25, 0.3) is 22.2 Å². The third kappa shape index (κ3) is 4.21. The molecule has 0 saturated heterocycles. The lowest BCUT2D eigenvalue weighted by Gasteiger charge is -2.12. The molecule has 2 aromatic carbocycles. The first kappa shape index (κ1) is 21.5. The lowest BCUT2D eigenvalue weighted by molar-refractivity contribution is -0.111. The Labute approximate surface area is 193 Å². The minimum absolute atomic E-state index is 0.286. The molecule has 0 unspecified atom stereocenters. The number of rotatable bonds is 5. The van der Waals surface area contributed by atoms with Gasteiger partial charge < -0.3 is 10.6 Å². The van der Waals surface area contributed by atoms with Gasteiger partial charge in [-0.15, -0.1) is 0 Å². The molecule has 0 saturated carbocycles. The second-order valence-corrected chi connectivity index (χ2v) is 7.70. The smallest absolute Gasteiger partial charge is 0.259 e. The SMILES string of the molecule is C=CC(=O)Nc1cccc(Nc2ncc3cc(-c4c(Cl)cccc4Cl)c(=O)n(C)c3n2)c1. The van der Waals surface area contributed by atoms with Crippen LogP contribution in [0, 0.1) is 0 Å². The normalized spacial score (nSPS) is 10.7. The van der Waals surface area contributed by atoms with Crippen molar-refractivity contribution in [2.24, 2.45) is 7.05 Å². The molecule has 0 radical (unpaired) electrons. The molecular formula is C23H17Cl2N5O2. The Morgan fingerprint density at radius 2 is 1.78 bits per heavy atom. The predicted octanol–water partition coefficient (Wildman–Crippen LogP) is 5.17. The van der Waals surface area contributed by atoms with Crippen molar-refractivity contribution in [1.82, 2.24) is 14.5 Å². The molecule has 0 bridgehead atoms. The van der Waals surface area contributed by atoms with Crippen molar-refractivity contribution in [2.75, 3.05) is 10.6 Å². The number of carbonyl (C=O) groups is 1. The van der Waals surface area contributed by atoms with Gasteiger partial charge in [0, 0.05) is 35.6 Å². The first-order valence-corrected chi connectivity index (χ1v) is 10.2. The van der Waals surface area contributed by atoms with Crippen molar-refractivity contribution in [2.45, 2.75) is 0 Å². The molecule has 1 amide bonds. The highest BCUT2D eigenvalue weighted by Gasteiger charge is 2.16. The number of carbonyl (C=O) groups excluding carboxylic acids is 1. The quantitative estimate of drug-likeness (QED) is 0.396. The number of nitrogens with zero attached hydrogens (tertiary/aromatic N) is 3. The van der Waals surface area contributed by atoms with Gasteiger partial charge in [-0.3, -0.25) is 14.2 Å². The lowest BCUT2D eigenvalue weighted by Crippen LogP contribution is -2.20. The number of halogens is 2. The van der Waals surface area contributed by atoms with Crippen LogP contribution in [0.5, 0.6) is 0 Å². The summed E-state index contributed by atoms with van der Waals surface area (Å²) in [5, 5.41) is 7.19. The number of benzene rings is 2. The summed E-state index contributed by atoms with van der Waals surface area (Å²) in [4.78, 5) is 33.4. The van der Waals surface area contributed by atoms with E-state index in [1.807, 2.05) is 0 Å². The van der Waals surface area contributed by atoms with Gasteiger partial charge in [0.2, 0.25) is 11.9 Å². The molecule has 32 heavy (non-hydrogen) atoms. The number of pyridine rings is 1. The van der Waals surface area contributed by atoms with Gasteiger partial charge in [0.05, 0.1) is 15.6 Å². The largest absolute Gasteiger partial charge is 0.324 e. The van der Waals surface area contributed by atoms with Crippen molar-refractivity contribution in [3.05, 3.63) is 87.8 Å². The summed E-state index contributed by atoms with van der Waals surface area (Å²) in [7, 11) is 1.63. The van der Waals surface area contributed by atoms with E-state index in [0.717, 1.165) is 0 Å². The average Bonchev–Trinajstić information content (AvgIpc) is 2.77. The van der Waals surface area contributed by atoms with Crippen molar-refractivity contribution < 1.29 is 4.79 Å². The maximum Gasteiger partial charge on any atom is 0.259 e. The minimum Gasteiger partial charge on any atom is -0.324 e. The zero-order valence-corrected chi connectivity index (χ0v) is 18.4. The first-order chi connectivity index (χ1) is 15.4. The van der Waals surface area contributed by atoms with Crippen LogP contribution >= 0.6 is 23.2 Å². The Kier molecular flexibility index (Phi) is 5.94. The molecular weight excluding hydrogens is 449 g/mol. The Morgan fingerprint density at radius 1 is 1.09 bits per heavy atom. The van der Waals surface area contributed by atoms with Crippen LogP contribution in [0.2, 0.25) is 10.0 Å². The van der Waals surface area contributed by atoms with Gasteiger partial charge in [-0.2, -0.15) is 4.98 Å². The van der Waals surface area contributed by atoms with E-state index in [4.69, 9.17) is 23.2 Å². The fourth-order valence-electron chi connectivity index (χ4n) is 3.24. The third-order valence-electron chi connectivity index (χ3n) is 4.75. The molecule has 2 N–H and O–H groups in total. The number of nitrogens with one attached hydrogen (secondary N) is 2. The lowest BCUT2D eigenvalue weighted by atomic mass is 10.1. The first-order valence-electron chi connectivity index (χ1n) is 9.49. The second-order valence-electron chi connectivity index (χ2n) is 6.89. The molecule has 0 spiro atoms. The average molecular weight is 466 g/mol. The molecule has 0 aliphatic rings. The van der Waals surface area contributed by atoms with Gasteiger partial charge in [-0.25, -0.2) is 4.98 Å². The Bertz CT molecular complexity index is 1410. The highest BCUT2D eigenvalue weighted by Crippen LogP contribution is 2.33. The van der Waals surface area contributed by atoms with Gasteiger partial charge in [0.25, 0.3) is 5.56 Å². The number of fused-ring (bicyclic) bond motifs is 1. The molecule has 0 aliphatic carbocycles. The minimum atomic E-state index is -0.312. The van der Waals surface area contributed by atoms with Crippen LogP contribution in [0.15, 0.2) is 72.2 Å². The van der Waals surface area contributed by atoms with E-state index in [1.54, 1.807) is 61.8 Å². The molecule has 2 heterocycles. The van der Waals surface area contributed by atoms with Crippen LogP contribution in [0.1, 0.15) is 0 Å². The fourth-order valence-corrected chi connectivity index (χ4v) is 3.84. The zero-order chi connectivity index (χ0) is 22.8. The van der Waals surface area contributed by atoms with Crippen molar-refractivity contribution in [3.8, 4) is 11.1 Å². The van der Waals surface area contributed by atoms with Crippen LogP contribution < -0.4 is 16.2 Å². The van der Waals surface area contributed by atoms with Crippen LogP contribution in [0.3, 0.4) is 0 Å². The van der Waals surface area contributed by atoms with Crippen LogP contribution in [-0.2, 0) is 11.8 Å². The van der Waals surface area contributed by atoms with Gasteiger partial charge in [-0.05, 0) is 42.5 Å². The summed E-state index contributed by atoms with van der Waals surface area (Å²) >= 11 is 12.6. The van der Waals surface area contributed by atoms with E-state index in [9.17, 15) is 9.59 Å². The van der Waals surface area contributed by atoms with Gasteiger partial charge >= 0.3 is 0 Å². The molecule has 4 rings (SSSR count). The molecule has 160 valence electrons. The molecule has 0 aliphatic heterocycles.